The van der Waals surface area contributed by atoms with E-state index in [9.17, 15) is 4.79 Å². The highest BCUT2D eigenvalue weighted by Crippen LogP contribution is 1.89. The van der Waals surface area contributed by atoms with Gasteiger partial charge in [0, 0.05) is 6.07 Å². The maximum absolute atomic E-state index is 11.1. The van der Waals surface area contributed by atoms with Gasteiger partial charge >= 0.3 is 0 Å². The average molecular weight is 153 g/mol. The van der Waals surface area contributed by atoms with E-state index in [1.54, 1.807) is 6.07 Å². The molecule has 11 heavy (non-hydrogen) atoms. The van der Waals surface area contributed by atoms with Crippen molar-refractivity contribution in [3.63, 3.8) is 0 Å². The van der Waals surface area contributed by atoms with E-state index in [2.05, 4.69) is 0 Å². The minimum Gasteiger partial charge on any atom is -0.411 e. The minimum atomic E-state index is -0.119. The summed E-state index contributed by atoms with van der Waals surface area (Å²) in [7, 11) is 0. The molecule has 0 aromatic carbocycles. The van der Waals surface area contributed by atoms with Crippen LogP contribution in [-0.4, -0.2) is 11.3 Å². The van der Waals surface area contributed by atoms with Crippen molar-refractivity contribution in [1.29, 1.82) is 0 Å². The number of aryl methyl sites for hydroxylation is 1. The van der Waals surface area contributed by atoms with Gasteiger partial charge in [-0.15, -0.1) is 4.73 Å². The van der Waals surface area contributed by atoms with Crippen molar-refractivity contribution < 1.29 is 4.84 Å². The fraction of sp³-hybridized carbons (Fsp3) is 0.375. The molecule has 0 aliphatic rings. The molecule has 1 rings (SSSR count). The lowest BCUT2D eigenvalue weighted by molar-refractivity contribution is 0.108. The minimum absolute atomic E-state index is 0.119. The quantitative estimate of drug-likeness (QED) is 0.623. The molecule has 0 bridgehead atoms. The van der Waals surface area contributed by atoms with Crippen LogP contribution in [0.4, 0.5) is 0 Å². The zero-order valence-electron chi connectivity index (χ0n) is 6.70. The van der Waals surface area contributed by atoms with Crippen LogP contribution in [0.1, 0.15) is 12.6 Å². The van der Waals surface area contributed by atoms with E-state index in [0.29, 0.717) is 6.61 Å². The number of nitrogens with zero attached hydrogens (tertiary/aromatic N) is 1. The van der Waals surface area contributed by atoms with Crippen LogP contribution in [-0.2, 0) is 0 Å². The maximum atomic E-state index is 11.1. The number of aromatic nitrogens is 1. The molecule has 0 amide bonds. The maximum Gasteiger partial charge on any atom is 0.283 e. The Bertz CT molecular complexity index is 290. The Kier molecular flexibility index (Phi) is 2.31. The molecule has 0 saturated carbocycles. The summed E-state index contributed by atoms with van der Waals surface area (Å²) < 4.78 is 1.29. The van der Waals surface area contributed by atoms with Crippen molar-refractivity contribution in [3.8, 4) is 0 Å². The zero-order chi connectivity index (χ0) is 8.27. The van der Waals surface area contributed by atoms with E-state index in [0.717, 1.165) is 5.69 Å². The largest absolute Gasteiger partial charge is 0.411 e. The Morgan fingerprint density at radius 1 is 1.55 bits per heavy atom. The van der Waals surface area contributed by atoms with Gasteiger partial charge in [-0.2, -0.15) is 0 Å². The number of rotatable bonds is 2. The fourth-order valence-electron chi connectivity index (χ4n) is 0.873. The molecule has 1 heterocycles. The lowest BCUT2D eigenvalue weighted by Gasteiger charge is -2.07. The van der Waals surface area contributed by atoms with Gasteiger partial charge < -0.3 is 4.84 Å². The molecule has 0 aliphatic carbocycles. The lowest BCUT2D eigenvalue weighted by atomic mass is 10.4. The van der Waals surface area contributed by atoms with Crippen molar-refractivity contribution in [2.75, 3.05) is 6.61 Å². The Morgan fingerprint density at radius 3 is 2.82 bits per heavy atom. The molecule has 3 nitrogen and oxygen atoms in total. The molecule has 0 fully saturated rings. The lowest BCUT2D eigenvalue weighted by Crippen LogP contribution is -2.27. The van der Waals surface area contributed by atoms with Gasteiger partial charge in [0.25, 0.3) is 5.56 Å². The van der Waals surface area contributed by atoms with Crippen LogP contribution in [0.2, 0.25) is 0 Å². The van der Waals surface area contributed by atoms with Crippen LogP contribution < -0.4 is 10.4 Å². The predicted octanol–water partition coefficient (Wildman–Crippen LogP) is 0.605. The van der Waals surface area contributed by atoms with Gasteiger partial charge in [0.15, 0.2) is 0 Å². The first-order chi connectivity index (χ1) is 5.25. The molecular weight excluding hydrogens is 142 g/mol. The van der Waals surface area contributed by atoms with E-state index in [-0.39, 0.29) is 5.56 Å². The molecule has 0 saturated heterocycles. The van der Waals surface area contributed by atoms with Crippen molar-refractivity contribution in [2.24, 2.45) is 0 Å². The summed E-state index contributed by atoms with van der Waals surface area (Å²) >= 11 is 0. The van der Waals surface area contributed by atoms with Crippen molar-refractivity contribution in [1.82, 2.24) is 4.73 Å². The Balaban J connectivity index is 3.10. The van der Waals surface area contributed by atoms with E-state index in [1.807, 2.05) is 19.9 Å². The standard InChI is InChI=1S/C8H11NO2/c1-3-11-9-7(2)5-4-6-8(9)10/h4-6H,3H2,1-2H3. The molecule has 0 aliphatic heterocycles. The predicted molar refractivity (Wildman–Crippen MR) is 42.6 cm³/mol. The first-order valence-electron chi connectivity index (χ1n) is 3.57. The summed E-state index contributed by atoms with van der Waals surface area (Å²) in [6, 6.07) is 5.02. The smallest absolute Gasteiger partial charge is 0.283 e. The molecule has 1 aromatic rings. The summed E-state index contributed by atoms with van der Waals surface area (Å²) in [6.07, 6.45) is 0. The fourth-order valence-corrected chi connectivity index (χ4v) is 0.873. The third kappa shape index (κ3) is 1.61. The first-order valence-corrected chi connectivity index (χ1v) is 3.57. The van der Waals surface area contributed by atoms with Crippen molar-refractivity contribution in [3.05, 3.63) is 34.2 Å². The van der Waals surface area contributed by atoms with Gasteiger partial charge in [-0.25, -0.2) is 0 Å². The third-order valence-electron chi connectivity index (χ3n) is 1.35. The second-order valence-corrected chi connectivity index (χ2v) is 2.22. The summed E-state index contributed by atoms with van der Waals surface area (Å²) in [5.74, 6) is 0. The molecule has 0 N–H and O–H groups in total. The van der Waals surface area contributed by atoms with E-state index in [4.69, 9.17) is 4.84 Å². The molecular formula is C8H11NO2. The first kappa shape index (κ1) is 7.85. The van der Waals surface area contributed by atoms with Gasteiger partial charge in [-0.1, -0.05) is 6.07 Å². The molecule has 1 aromatic heterocycles. The SMILES string of the molecule is CCOn1c(C)cccc1=O. The van der Waals surface area contributed by atoms with E-state index >= 15 is 0 Å². The van der Waals surface area contributed by atoms with Gasteiger partial charge in [0.05, 0.1) is 5.69 Å². The monoisotopic (exact) mass is 153 g/mol. The van der Waals surface area contributed by atoms with Gasteiger partial charge in [0.2, 0.25) is 0 Å². The summed E-state index contributed by atoms with van der Waals surface area (Å²) in [6.45, 7) is 4.18. The van der Waals surface area contributed by atoms with Crippen LogP contribution in [0.3, 0.4) is 0 Å². The van der Waals surface area contributed by atoms with Crippen molar-refractivity contribution >= 4 is 0 Å². The Morgan fingerprint density at radius 2 is 2.27 bits per heavy atom. The zero-order valence-corrected chi connectivity index (χ0v) is 6.70. The van der Waals surface area contributed by atoms with Gasteiger partial charge in [-0.3, -0.25) is 4.79 Å². The highest BCUT2D eigenvalue weighted by Gasteiger charge is 1.96. The molecule has 3 heteroatoms. The van der Waals surface area contributed by atoms with E-state index < -0.39 is 0 Å². The second kappa shape index (κ2) is 3.23. The summed E-state index contributed by atoms with van der Waals surface area (Å²) in [5, 5.41) is 0. The van der Waals surface area contributed by atoms with Gasteiger partial charge in [-0.05, 0) is 19.9 Å². The molecule has 0 radical (unpaired) electrons. The summed E-state index contributed by atoms with van der Waals surface area (Å²) in [4.78, 5) is 16.1. The Labute approximate surface area is 65.2 Å². The highest BCUT2D eigenvalue weighted by molar-refractivity contribution is 5.02. The normalized spacial score (nSPS) is 9.64. The average Bonchev–Trinajstić information content (AvgIpc) is 1.97. The van der Waals surface area contributed by atoms with E-state index in [1.165, 1.54) is 10.8 Å². The van der Waals surface area contributed by atoms with Crippen LogP contribution >= 0.6 is 0 Å². The number of hydrogen-bond acceptors (Lipinski definition) is 2. The molecule has 0 atom stereocenters. The molecule has 60 valence electrons. The summed E-state index contributed by atoms with van der Waals surface area (Å²) in [5.41, 5.74) is 0.700. The third-order valence-corrected chi connectivity index (χ3v) is 1.35. The number of hydrogen-bond donors (Lipinski definition) is 0. The number of pyridine rings is 1. The highest BCUT2D eigenvalue weighted by atomic mass is 16.7. The molecule has 0 unspecified atom stereocenters. The van der Waals surface area contributed by atoms with Crippen LogP contribution in [0, 0.1) is 6.92 Å². The van der Waals surface area contributed by atoms with Crippen LogP contribution in [0.25, 0.3) is 0 Å². The topological polar surface area (TPSA) is 31.2 Å². The second-order valence-electron chi connectivity index (χ2n) is 2.22. The Hall–Kier alpha value is -1.25. The van der Waals surface area contributed by atoms with Crippen LogP contribution in [0.5, 0.6) is 0 Å². The molecule has 0 spiro atoms. The van der Waals surface area contributed by atoms with Crippen molar-refractivity contribution in [2.45, 2.75) is 13.8 Å². The van der Waals surface area contributed by atoms with Gasteiger partial charge in [0.1, 0.15) is 6.61 Å². The van der Waals surface area contributed by atoms with Crippen LogP contribution in [0.15, 0.2) is 23.0 Å².